The number of hydrogen-bond donors (Lipinski definition) is 5. The van der Waals surface area contributed by atoms with Gasteiger partial charge in [0.25, 0.3) is 0 Å². The molecular formula is C50H53FN4O8. The lowest BCUT2D eigenvalue weighted by atomic mass is 9.44. The molecule has 63 heavy (non-hydrogen) atoms. The minimum absolute atomic E-state index is 0.0363. The summed E-state index contributed by atoms with van der Waals surface area (Å²) in [6, 6.07) is 20.4. The maximum absolute atomic E-state index is 17.5. The van der Waals surface area contributed by atoms with Crippen LogP contribution in [0.1, 0.15) is 90.6 Å². The van der Waals surface area contributed by atoms with Gasteiger partial charge < -0.3 is 36.1 Å². The third-order valence-corrected chi connectivity index (χ3v) is 14.8. The number of fused-ring (bicyclic) bond motifs is 6. The maximum Gasteiger partial charge on any atom is 0.338 e. The van der Waals surface area contributed by atoms with Crippen molar-refractivity contribution >= 4 is 45.8 Å². The molecule has 13 heteroatoms. The van der Waals surface area contributed by atoms with Crippen molar-refractivity contribution in [3.8, 4) is 0 Å². The number of aliphatic hydroxyl groups excluding tert-OH is 1. The number of esters is 2. The van der Waals surface area contributed by atoms with E-state index in [1.165, 1.54) is 36.4 Å². The number of carbonyl (C=O) groups is 4. The summed E-state index contributed by atoms with van der Waals surface area (Å²) in [5.41, 5.74) is 2.63. The van der Waals surface area contributed by atoms with Crippen molar-refractivity contribution < 1.29 is 43.3 Å². The van der Waals surface area contributed by atoms with Gasteiger partial charge in [-0.2, -0.15) is 0 Å². The second-order valence-corrected chi connectivity index (χ2v) is 18.2. The van der Waals surface area contributed by atoms with Crippen molar-refractivity contribution in [2.24, 2.45) is 34.3 Å². The number of benzene rings is 3. The highest BCUT2D eigenvalue weighted by molar-refractivity contribution is 6.01. The van der Waals surface area contributed by atoms with Crippen molar-refractivity contribution in [1.82, 2.24) is 4.98 Å². The zero-order valence-corrected chi connectivity index (χ0v) is 35.6. The van der Waals surface area contributed by atoms with Crippen molar-refractivity contribution in [2.75, 3.05) is 18.5 Å². The van der Waals surface area contributed by atoms with Crippen LogP contribution >= 0.6 is 0 Å². The van der Waals surface area contributed by atoms with Crippen LogP contribution in [0, 0.1) is 34.0 Å². The smallest absolute Gasteiger partial charge is 0.338 e. The van der Waals surface area contributed by atoms with E-state index in [1.807, 2.05) is 36.4 Å². The molecule has 6 N–H and O–H groups in total. The summed E-state index contributed by atoms with van der Waals surface area (Å²) in [4.78, 5) is 55.8. The minimum Gasteiger partial charge on any atom is -0.457 e. The van der Waals surface area contributed by atoms with Crippen LogP contribution in [0.5, 0.6) is 0 Å². The summed E-state index contributed by atoms with van der Waals surface area (Å²) in [5.74, 6) is -3.79. The van der Waals surface area contributed by atoms with Gasteiger partial charge in [0.2, 0.25) is 5.91 Å². The number of rotatable bonds is 12. The Bertz CT molecular complexity index is 2540. The Labute approximate surface area is 365 Å². The lowest BCUT2D eigenvalue weighted by molar-refractivity contribution is -0.209. The first-order chi connectivity index (χ1) is 30.0. The van der Waals surface area contributed by atoms with Gasteiger partial charge in [-0.05, 0) is 129 Å². The number of nitrogens with two attached hydrogens (primary N) is 1. The number of ether oxygens (including phenoxy) is 2. The number of carbonyl (C=O) groups excluding carboxylic acids is 4. The summed E-state index contributed by atoms with van der Waals surface area (Å²) in [6.07, 6.45) is 8.01. The zero-order valence-electron chi connectivity index (χ0n) is 35.6. The van der Waals surface area contributed by atoms with E-state index in [0.717, 1.165) is 16.3 Å². The molecule has 4 aliphatic carbocycles. The van der Waals surface area contributed by atoms with E-state index in [9.17, 15) is 29.4 Å². The topological polar surface area (TPSA) is 202 Å². The van der Waals surface area contributed by atoms with E-state index >= 15 is 4.39 Å². The molecule has 0 spiro atoms. The molecule has 0 radical (unpaired) electrons. The number of halogens is 1. The van der Waals surface area contributed by atoms with Crippen LogP contribution in [0.3, 0.4) is 0 Å². The largest absolute Gasteiger partial charge is 0.457 e. The first kappa shape index (κ1) is 43.7. The van der Waals surface area contributed by atoms with Crippen LogP contribution in [0.4, 0.5) is 10.1 Å². The van der Waals surface area contributed by atoms with Gasteiger partial charge in [0.05, 0.1) is 28.9 Å². The Morgan fingerprint density at radius 1 is 0.984 bits per heavy atom. The Hall–Kier alpha value is -5.89. The van der Waals surface area contributed by atoms with Crippen LogP contribution in [0.15, 0.2) is 109 Å². The third kappa shape index (κ3) is 7.39. The van der Waals surface area contributed by atoms with Gasteiger partial charge in [-0.1, -0.05) is 55.8 Å². The van der Waals surface area contributed by atoms with Crippen LogP contribution in [0.25, 0.3) is 10.8 Å². The number of aliphatic hydroxyl groups is 2. The van der Waals surface area contributed by atoms with Gasteiger partial charge in [-0.25, -0.2) is 14.0 Å². The van der Waals surface area contributed by atoms with E-state index in [0.29, 0.717) is 49.1 Å². The molecule has 12 nitrogen and oxygen atoms in total. The highest BCUT2D eigenvalue weighted by atomic mass is 19.1. The summed E-state index contributed by atoms with van der Waals surface area (Å²) >= 11 is 0. The van der Waals surface area contributed by atoms with Crippen molar-refractivity contribution in [1.29, 1.82) is 5.41 Å². The number of ketones is 1. The summed E-state index contributed by atoms with van der Waals surface area (Å²) < 4.78 is 28.6. The number of pyridine rings is 1. The van der Waals surface area contributed by atoms with E-state index in [-0.39, 0.29) is 47.5 Å². The molecule has 1 aromatic heterocycles. The standard InChI is InChI=1S/C50H53FN4O8/c1-29-22-41-40-15-13-36-24-38(56)16-19-47(36,2)49(40,51)43(57)25-48(41,3)50(29,61)42(53)28-63-46(60)33-10-8-32(9-11-33)45(59)62-27-30-4-6-31(7-5-30)39(17-20-52)44(58)55-37-14-12-35-26-54-21-18-34(35)23-37/h4-12,14,16,18-19,21,23-24,26,29,39-41,43,53,57,61H,13,15,17,20,22,25,27-28,52H2,1-3H3,(H,55,58)/t29-,39?,40+,41+,43+,47+,48+,49+,50+/m1/s1. The number of anilines is 1. The van der Waals surface area contributed by atoms with Crippen LogP contribution in [-0.2, 0) is 25.7 Å². The fourth-order valence-electron chi connectivity index (χ4n) is 11.3. The molecule has 328 valence electrons. The molecule has 3 fully saturated rings. The second kappa shape index (κ2) is 16.7. The van der Waals surface area contributed by atoms with E-state index in [4.69, 9.17) is 20.6 Å². The molecule has 3 aromatic carbocycles. The van der Waals surface area contributed by atoms with Crippen molar-refractivity contribution in [2.45, 2.75) is 82.8 Å². The number of amides is 1. The SMILES string of the molecule is C[C@@H]1C[C@H]2[C@@H]3CCC4=CC(=O)C=C[C@]4(C)[C@@]3(F)[C@@H](O)C[C@]2(C)[C@@]1(O)C(=N)COC(=O)c1ccc(C(=O)OCc2ccc(C(CCN)C(=O)Nc3ccc4cnccc4c3)cc2)cc1. The fraction of sp³-hybridized carbons (Fsp3) is 0.400. The Morgan fingerprint density at radius 2 is 1.68 bits per heavy atom. The molecule has 0 saturated heterocycles. The molecule has 4 aromatic rings. The summed E-state index contributed by atoms with van der Waals surface area (Å²) in [5, 5.41) is 38.0. The molecule has 1 heterocycles. The minimum atomic E-state index is -2.07. The molecule has 8 rings (SSSR count). The van der Waals surface area contributed by atoms with E-state index in [1.54, 1.807) is 51.4 Å². The second-order valence-electron chi connectivity index (χ2n) is 18.2. The normalized spacial score (nSPS) is 30.0. The Kier molecular flexibility index (Phi) is 11.6. The number of aromatic nitrogens is 1. The first-order valence-corrected chi connectivity index (χ1v) is 21.5. The van der Waals surface area contributed by atoms with Gasteiger partial charge in [0, 0.05) is 40.2 Å². The number of alkyl halides is 1. The van der Waals surface area contributed by atoms with E-state index < -0.39 is 64.5 Å². The molecule has 0 bridgehead atoms. The number of hydrogen-bond acceptors (Lipinski definition) is 11. The predicted octanol–water partition coefficient (Wildman–Crippen LogP) is 7.19. The first-order valence-electron chi connectivity index (χ1n) is 21.5. The van der Waals surface area contributed by atoms with E-state index in [2.05, 4.69) is 10.3 Å². The quantitative estimate of drug-likeness (QED) is 0.0717. The summed E-state index contributed by atoms with van der Waals surface area (Å²) in [6.45, 7) is 5.09. The van der Waals surface area contributed by atoms with Crippen LogP contribution < -0.4 is 11.1 Å². The maximum atomic E-state index is 17.5. The molecule has 0 aliphatic heterocycles. The van der Waals surface area contributed by atoms with Gasteiger partial charge in [0.1, 0.15) is 18.8 Å². The van der Waals surface area contributed by atoms with Gasteiger partial charge in [-0.3, -0.25) is 14.6 Å². The van der Waals surface area contributed by atoms with Gasteiger partial charge >= 0.3 is 11.9 Å². The molecule has 3 saturated carbocycles. The van der Waals surface area contributed by atoms with Crippen molar-refractivity contribution in [3.63, 3.8) is 0 Å². The predicted molar refractivity (Wildman–Crippen MR) is 235 cm³/mol. The number of nitrogens with zero attached hydrogens (tertiary/aromatic N) is 1. The Morgan fingerprint density at radius 3 is 2.38 bits per heavy atom. The average molecular weight is 857 g/mol. The van der Waals surface area contributed by atoms with Gasteiger partial charge in [0.15, 0.2) is 11.5 Å². The molecule has 9 atom stereocenters. The highest BCUT2D eigenvalue weighted by Crippen LogP contribution is 2.70. The molecule has 1 unspecified atom stereocenters. The lowest BCUT2D eigenvalue weighted by Gasteiger charge is -2.62. The van der Waals surface area contributed by atoms with Crippen molar-refractivity contribution in [3.05, 3.63) is 131 Å². The fourth-order valence-corrected chi connectivity index (χ4v) is 11.3. The number of allylic oxidation sites excluding steroid dienone is 4. The zero-order chi connectivity index (χ0) is 44.9. The average Bonchev–Trinajstić information content (AvgIpc) is 3.48. The summed E-state index contributed by atoms with van der Waals surface area (Å²) in [7, 11) is 0. The van der Waals surface area contributed by atoms with Crippen LogP contribution in [0.2, 0.25) is 0 Å². The lowest BCUT2D eigenvalue weighted by Crippen LogP contribution is -2.69. The van der Waals surface area contributed by atoms with Gasteiger partial charge in [-0.15, -0.1) is 0 Å². The molecule has 4 aliphatic rings. The highest BCUT2D eigenvalue weighted by Gasteiger charge is 2.75. The molecular weight excluding hydrogens is 804 g/mol. The monoisotopic (exact) mass is 856 g/mol. The number of nitrogens with one attached hydrogen (secondary N) is 2. The van der Waals surface area contributed by atoms with Crippen LogP contribution in [-0.4, -0.2) is 75.1 Å². The third-order valence-electron chi connectivity index (χ3n) is 14.8. The Balaban J connectivity index is 0.854. The molecule has 1 amide bonds.